The molecule has 4 rings (SSSR count). The van der Waals surface area contributed by atoms with Crippen molar-refractivity contribution >= 4 is 28.8 Å². The Kier molecular flexibility index (Phi) is 5.66. The van der Waals surface area contributed by atoms with Gasteiger partial charge >= 0.3 is 5.69 Å². The molecule has 0 fully saturated rings. The van der Waals surface area contributed by atoms with E-state index in [1.807, 2.05) is 43.3 Å². The molecule has 0 spiro atoms. The molecule has 2 N–H and O–H groups in total. The van der Waals surface area contributed by atoms with Crippen LogP contribution in [0.3, 0.4) is 0 Å². The molecule has 2 aromatic carbocycles. The number of nitro groups is 1. The number of anilines is 4. The molecule has 0 atom stereocenters. The minimum atomic E-state index is -0.534. The van der Waals surface area contributed by atoms with Crippen LogP contribution >= 0.6 is 0 Å². The number of ether oxygens (including phenoxy) is 1. The Bertz CT molecular complexity index is 1200. The Morgan fingerprint density at radius 2 is 1.52 bits per heavy atom. The van der Waals surface area contributed by atoms with Crippen molar-refractivity contribution in [2.24, 2.45) is 0 Å². The summed E-state index contributed by atoms with van der Waals surface area (Å²) in [6.07, 6.45) is 1.25. The van der Waals surface area contributed by atoms with Crippen molar-refractivity contribution in [3.05, 3.63) is 94.9 Å². The molecule has 4 aromatic rings. The Balaban J connectivity index is 1.56. The Morgan fingerprint density at radius 1 is 0.839 bits per heavy atom. The van der Waals surface area contributed by atoms with Crippen LogP contribution in [0, 0.1) is 17.0 Å². The third kappa shape index (κ3) is 4.91. The minimum Gasteiger partial charge on any atom is -0.457 e. The smallest absolute Gasteiger partial charge is 0.353 e. The lowest BCUT2D eigenvalue weighted by Crippen LogP contribution is -2.06. The fraction of sp³-hybridized carbons (Fsp3) is 0.0455. The highest BCUT2D eigenvalue weighted by atomic mass is 16.6. The van der Waals surface area contributed by atoms with Gasteiger partial charge in [0.05, 0.1) is 4.92 Å². The van der Waals surface area contributed by atoms with Gasteiger partial charge in [-0.15, -0.1) is 0 Å². The van der Waals surface area contributed by atoms with Crippen LogP contribution in [-0.4, -0.2) is 19.9 Å². The normalized spacial score (nSPS) is 10.4. The summed E-state index contributed by atoms with van der Waals surface area (Å²) in [6.45, 7) is 1.83. The largest absolute Gasteiger partial charge is 0.457 e. The van der Waals surface area contributed by atoms with E-state index < -0.39 is 4.92 Å². The van der Waals surface area contributed by atoms with Crippen LogP contribution in [0.25, 0.3) is 0 Å². The van der Waals surface area contributed by atoms with Crippen molar-refractivity contribution in [3.8, 4) is 11.5 Å². The molecule has 2 heterocycles. The van der Waals surface area contributed by atoms with Crippen LogP contribution in [0.4, 0.5) is 28.8 Å². The molecule has 0 bridgehead atoms. The van der Waals surface area contributed by atoms with Crippen LogP contribution < -0.4 is 15.4 Å². The summed E-state index contributed by atoms with van der Waals surface area (Å²) < 4.78 is 5.76. The zero-order valence-corrected chi connectivity index (χ0v) is 16.5. The molecule has 0 aliphatic carbocycles. The Labute approximate surface area is 177 Å². The number of aryl methyl sites for hydroxylation is 1. The van der Waals surface area contributed by atoms with Gasteiger partial charge in [-0.25, -0.2) is 15.0 Å². The first-order valence-corrected chi connectivity index (χ1v) is 9.38. The van der Waals surface area contributed by atoms with Gasteiger partial charge in [0.15, 0.2) is 0 Å². The summed E-state index contributed by atoms with van der Waals surface area (Å²) >= 11 is 0. The lowest BCUT2D eigenvalue weighted by molar-refractivity contribution is -0.383. The van der Waals surface area contributed by atoms with Gasteiger partial charge in [0.2, 0.25) is 11.6 Å². The summed E-state index contributed by atoms with van der Waals surface area (Å²) in [5.41, 5.74) is 1.11. The topological polar surface area (TPSA) is 115 Å². The molecule has 9 heteroatoms. The van der Waals surface area contributed by atoms with E-state index in [-0.39, 0.29) is 17.3 Å². The first-order valence-electron chi connectivity index (χ1n) is 9.38. The van der Waals surface area contributed by atoms with Gasteiger partial charge in [0.1, 0.15) is 23.6 Å². The van der Waals surface area contributed by atoms with Crippen molar-refractivity contribution in [1.82, 2.24) is 15.0 Å². The molecule has 0 unspecified atom stereocenters. The van der Waals surface area contributed by atoms with E-state index in [0.29, 0.717) is 17.3 Å². The summed E-state index contributed by atoms with van der Waals surface area (Å²) in [5, 5.41) is 17.6. The zero-order valence-electron chi connectivity index (χ0n) is 16.5. The van der Waals surface area contributed by atoms with Gasteiger partial charge in [-0.1, -0.05) is 24.3 Å². The monoisotopic (exact) mass is 414 g/mol. The van der Waals surface area contributed by atoms with Crippen molar-refractivity contribution in [3.63, 3.8) is 0 Å². The van der Waals surface area contributed by atoms with Gasteiger partial charge in [-0.2, -0.15) is 0 Å². The lowest BCUT2D eigenvalue weighted by Gasteiger charge is -2.11. The van der Waals surface area contributed by atoms with Crippen LogP contribution in [0.5, 0.6) is 11.5 Å². The van der Waals surface area contributed by atoms with Crippen LogP contribution in [-0.2, 0) is 0 Å². The second kappa shape index (κ2) is 8.87. The highest BCUT2D eigenvalue weighted by Gasteiger charge is 2.23. The highest BCUT2D eigenvalue weighted by Crippen LogP contribution is 2.33. The van der Waals surface area contributed by atoms with Gasteiger partial charge in [-0.05, 0) is 55.5 Å². The number of nitrogens with one attached hydrogen (secondary N) is 2. The van der Waals surface area contributed by atoms with Crippen molar-refractivity contribution in [2.45, 2.75) is 6.92 Å². The molecule has 0 aliphatic rings. The average Bonchev–Trinajstić information content (AvgIpc) is 2.76. The first kappa shape index (κ1) is 19.8. The fourth-order valence-electron chi connectivity index (χ4n) is 2.84. The molecule has 2 aromatic heterocycles. The maximum Gasteiger partial charge on any atom is 0.353 e. The second-order valence-corrected chi connectivity index (χ2v) is 6.53. The number of benzene rings is 2. The van der Waals surface area contributed by atoms with Gasteiger partial charge in [-0.3, -0.25) is 10.1 Å². The molecular weight excluding hydrogens is 396 g/mol. The predicted molar refractivity (Wildman–Crippen MR) is 117 cm³/mol. The van der Waals surface area contributed by atoms with Crippen molar-refractivity contribution in [2.75, 3.05) is 10.6 Å². The molecule has 0 amide bonds. The van der Waals surface area contributed by atoms with E-state index in [2.05, 4.69) is 25.6 Å². The third-order valence-corrected chi connectivity index (χ3v) is 4.24. The predicted octanol–water partition coefficient (Wildman–Crippen LogP) is 5.37. The van der Waals surface area contributed by atoms with Gasteiger partial charge in [0, 0.05) is 11.4 Å². The quantitative estimate of drug-likeness (QED) is 0.306. The standard InChI is InChI=1S/C22H18N6O3/c1-15-6-5-9-19(25-15)27-22-20(28(29)30)21(23-14-24-22)26-16-10-12-18(13-11-16)31-17-7-3-2-4-8-17/h2-14H,1H3,(H2,23,24,25,26,27). The van der Waals surface area contributed by atoms with Gasteiger partial charge in [0.25, 0.3) is 0 Å². The average molecular weight is 414 g/mol. The van der Waals surface area contributed by atoms with Crippen LogP contribution in [0.1, 0.15) is 5.69 Å². The van der Waals surface area contributed by atoms with E-state index in [9.17, 15) is 10.1 Å². The Morgan fingerprint density at radius 3 is 2.19 bits per heavy atom. The Hall–Kier alpha value is -4.53. The van der Waals surface area contributed by atoms with E-state index >= 15 is 0 Å². The summed E-state index contributed by atoms with van der Waals surface area (Å²) in [5.74, 6) is 1.92. The number of rotatable bonds is 7. The fourth-order valence-corrected chi connectivity index (χ4v) is 2.84. The first-order chi connectivity index (χ1) is 15.1. The van der Waals surface area contributed by atoms with E-state index in [4.69, 9.17) is 4.74 Å². The van der Waals surface area contributed by atoms with E-state index in [1.165, 1.54) is 6.33 Å². The number of aromatic nitrogens is 3. The molecular formula is C22H18N6O3. The summed E-state index contributed by atoms with van der Waals surface area (Å²) in [7, 11) is 0. The number of hydrogen-bond acceptors (Lipinski definition) is 8. The molecule has 31 heavy (non-hydrogen) atoms. The van der Waals surface area contributed by atoms with Crippen LogP contribution in [0.2, 0.25) is 0 Å². The maximum atomic E-state index is 11.8. The van der Waals surface area contributed by atoms with E-state index in [0.717, 1.165) is 11.4 Å². The van der Waals surface area contributed by atoms with Crippen LogP contribution in [0.15, 0.2) is 79.1 Å². The number of para-hydroxylation sites is 1. The second-order valence-electron chi connectivity index (χ2n) is 6.53. The number of hydrogen-bond donors (Lipinski definition) is 2. The summed E-state index contributed by atoms with van der Waals surface area (Å²) in [6, 6.07) is 21.8. The molecule has 154 valence electrons. The van der Waals surface area contributed by atoms with Gasteiger partial charge < -0.3 is 15.4 Å². The number of nitrogens with zero attached hydrogens (tertiary/aromatic N) is 4. The highest BCUT2D eigenvalue weighted by molar-refractivity contribution is 5.76. The number of pyridine rings is 1. The zero-order chi connectivity index (χ0) is 21.6. The summed E-state index contributed by atoms with van der Waals surface area (Å²) in [4.78, 5) is 23.6. The molecule has 0 saturated carbocycles. The lowest BCUT2D eigenvalue weighted by atomic mass is 10.3. The third-order valence-electron chi connectivity index (χ3n) is 4.24. The molecule has 9 nitrogen and oxygen atoms in total. The maximum absolute atomic E-state index is 11.8. The van der Waals surface area contributed by atoms with Crippen molar-refractivity contribution in [1.29, 1.82) is 0 Å². The van der Waals surface area contributed by atoms with E-state index in [1.54, 1.807) is 36.4 Å². The van der Waals surface area contributed by atoms with Crippen molar-refractivity contribution < 1.29 is 9.66 Å². The SMILES string of the molecule is Cc1cccc(Nc2ncnc(Nc3ccc(Oc4ccccc4)cc3)c2[N+](=O)[O-])n1. The minimum absolute atomic E-state index is 0.0460. The molecule has 0 radical (unpaired) electrons. The molecule has 0 saturated heterocycles. The molecule has 0 aliphatic heterocycles.